The minimum Gasteiger partial charge on any atom is -0.340 e. The Hall–Kier alpha value is -2.72. The molecule has 1 atom stereocenters. The summed E-state index contributed by atoms with van der Waals surface area (Å²) in [6.07, 6.45) is 4.71. The number of nitrogens with zero attached hydrogens (tertiary/aromatic N) is 3. The topological polar surface area (TPSA) is 86.1 Å². The van der Waals surface area contributed by atoms with Gasteiger partial charge in [-0.2, -0.15) is 5.26 Å². The highest BCUT2D eigenvalue weighted by Crippen LogP contribution is 2.21. The van der Waals surface area contributed by atoms with Crippen LogP contribution < -0.4 is 10.2 Å². The van der Waals surface area contributed by atoms with Gasteiger partial charge in [0.1, 0.15) is 12.1 Å². The van der Waals surface area contributed by atoms with E-state index in [9.17, 15) is 9.59 Å². The monoisotopic (exact) mass is 326 g/mol. The molecule has 2 aromatic rings. The minimum absolute atomic E-state index is 0.130. The van der Waals surface area contributed by atoms with Crippen LogP contribution in [0, 0.1) is 11.3 Å². The molecule has 0 aliphatic carbocycles. The number of amides is 2. The number of nitrogens with one attached hydrogen (secondary N) is 1. The Bertz CT molecular complexity index is 766. The van der Waals surface area contributed by atoms with Crippen molar-refractivity contribution in [1.82, 2.24) is 10.3 Å². The standard InChI is InChI=1S/C16H14N4O2S/c17-8-11-7-14(23-10-11)15(21)19-13-4-2-6-20(16(13)22)12-3-1-5-18-9-12/h1,3,5,7,9-10,13H,2,4,6H2,(H,19,21)/t13-/m1/s1. The molecule has 1 aliphatic rings. The van der Waals surface area contributed by atoms with Gasteiger partial charge in [-0.05, 0) is 31.0 Å². The number of hydrogen-bond donors (Lipinski definition) is 1. The van der Waals surface area contributed by atoms with E-state index in [-0.39, 0.29) is 11.8 Å². The lowest BCUT2D eigenvalue weighted by Gasteiger charge is -2.32. The molecule has 2 amide bonds. The van der Waals surface area contributed by atoms with E-state index in [1.807, 2.05) is 12.1 Å². The molecule has 116 valence electrons. The van der Waals surface area contributed by atoms with E-state index in [2.05, 4.69) is 10.3 Å². The van der Waals surface area contributed by atoms with Crippen molar-refractivity contribution in [2.24, 2.45) is 0 Å². The van der Waals surface area contributed by atoms with Crippen molar-refractivity contribution in [3.8, 4) is 6.07 Å². The van der Waals surface area contributed by atoms with Gasteiger partial charge < -0.3 is 10.2 Å². The van der Waals surface area contributed by atoms with Gasteiger partial charge in [0, 0.05) is 18.1 Å². The van der Waals surface area contributed by atoms with E-state index in [4.69, 9.17) is 5.26 Å². The molecule has 3 heterocycles. The molecule has 7 heteroatoms. The van der Waals surface area contributed by atoms with Crippen molar-refractivity contribution in [3.05, 3.63) is 46.4 Å². The SMILES string of the molecule is N#Cc1csc(C(=O)N[C@@H]2CCCN(c3cccnc3)C2=O)c1. The molecule has 3 rings (SSSR count). The number of carbonyl (C=O) groups is 2. The van der Waals surface area contributed by atoms with Crippen molar-refractivity contribution in [2.75, 3.05) is 11.4 Å². The van der Waals surface area contributed by atoms with Crippen molar-refractivity contribution in [1.29, 1.82) is 5.26 Å². The van der Waals surface area contributed by atoms with Crippen LogP contribution in [0.5, 0.6) is 0 Å². The number of thiophene rings is 1. The molecule has 1 saturated heterocycles. The molecule has 1 aliphatic heterocycles. The summed E-state index contributed by atoms with van der Waals surface area (Å²) in [7, 11) is 0. The second-order valence-corrected chi connectivity index (χ2v) is 6.09. The number of nitriles is 1. The smallest absolute Gasteiger partial charge is 0.262 e. The lowest BCUT2D eigenvalue weighted by atomic mass is 10.0. The van der Waals surface area contributed by atoms with Gasteiger partial charge in [-0.1, -0.05) is 0 Å². The molecule has 1 fully saturated rings. The molecular weight excluding hydrogens is 312 g/mol. The average Bonchev–Trinajstić information content (AvgIpc) is 3.07. The predicted molar refractivity (Wildman–Crippen MR) is 86.1 cm³/mol. The van der Waals surface area contributed by atoms with Crippen LogP contribution >= 0.6 is 11.3 Å². The highest BCUT2D eigenvalue weighted by atomic mass is 32.1. The van der Waals surface area contributed by atoms with Crippen LogP contribution in [0.15, 0.2) is 36.0 Å². The molecule has 23 heavy (non-hydrogen) atoms. The van der Waals surface area contributed by atoms with E-state index >= 15 is 0 Å². The predicted octanol–water partition coefficient (Wildman–Crippen LogP) is 1.94. The summed E-state index contributed by atoms with van der Waals surface area (Å²) in [6.45, 7) is 0.620. The van der Waals surface area contributed by atoms with Gasteiger partial charge in [-0.25, -0.2) is 0 Å². The number of aromatic nitrogens is 1. The lowest BCUT2D eigenvalue weighted by Crippen LogP contribution is -2.52. The second kappa shape index (κ2) is 6.58. The third-order valence-corrected chi connectivity index (χ3v) is 4.58. The number of piperidine rings is 1. The van der Waals surface area contributed by atoms with Crippen LogP contribution in [-0.4, -0.2) is 29.4 Å². The van der Waals surface area contributed by atoms with Crippen LogP contribution in [0.2, 0.25) is 0 Å². The average molecular weight is 326 g/mol. The second-order valence-electron chi connectivity index (χ2n) is 5.18. The van der Waals surface area contributed by atoms with Gasteiger partial charge in [0.2, 0.25) is 5.91 Å². The molecule has 0 unspecified atom stereocenters. The Morgan fingerprint density at radius 2 is 2.39 bits per heavy atom. The van der Waals surface area contributed by atoms with Crippen molar-refractivity contribution in [3.63, 3.8) is 0 Å². The van der Waals surface area contributed by atoms with Crippen LogP contribution in [0.3, 0.4) is 0 Å². The fourth-order valence-electron chi connectivity index (χ4n) is 2.52. The number of hydrogen-bond acceptors (Lipinski definition) is 5. The molecule has 1 N–H and O–H groups in total. The van der Waals surface area contributed by atoms with Crippen molar-refractivity contribution < 1.29 is 9.59 Å². The van der Waals surface area contributed by atoms with E-state index in [0.29, 0.717) is 23.4 Å². The molecule has 0 bridgehead atoms. The maximum atomic E-state index is 12.6. The zero-order chi connectivity index (χ0) is 16.2. The number of rotatable bonds is 3. The molecule has 0 radical (unpaired) electrons. The van der Waals surface area contributed by atoms with E-state index in [0.717, 1.165) is 12.1 Å². The maximum Gasteiger partial charge on any atom is 0.262 e. The maximum absolute atomic E-state index is 12.6. The summed E-state index contributed by atoms with van der Waals surface area (Å²) >= 11 is 1.20. The Morgan fingerprint density at radius 1 is 1.52 bits per heavy atom. The highest BCUT2D eigenvalue weighted by molar-refractivity contribution is 7.12. The molecule has 6 nitrogen and oxygen atoms in total. The van der Waals surface area contributed by atoms with Gasteiger partial charge in [0.25, 0.3) is 5.91 Å². The number of pyridine rings is 1. The van der Waals surface area contributed by atoms with Crippen molar-refractivity contribution >= 4 is 28.8 Å². The van der Waals surface area contributed by atoms with Crippen molar-refractivity contribution in [2.45, 2.75) is 18.9 Å². The zero-order valence-corrected chi connectivity index (χ0v) is 13.0. The first-order valence-corrected chi connectivity index (χ1v) is 8.08. The quantitative estimate of drug-likeness (QED) is 0.934. The first-order chi connectivity index (χ1) is 11.2. The summed E-state index contributed by atoms with van der Waals surface area (Å²) < 4.78 is 0. The normalized spacial score (nSPS) is 17.6. The van der Waals surface area contributed by atoms with E-state index < -0.39 is 6.04 Å². The van der Waals surface area contributed by atoms with Crippen LogP contribution in [0.1, 0.15) is 28.1 Å². The van der Waals surface area contributed by atoms with Crippen LogP contribution in [0.4, 0.5) is 5.69 Å². The fourth-order valence-corrected chi connectivity index (χ4v) is 3.26. The van der Waals surface area contributed by atoms with E-state index in [1.165, 1.54) is 17.4 Å². The Labute approximate surface area is 137 Å². The Morgan fingerprint density at radius 3 is 3.09 bits per heavy atom. The summed E-state index contributed by atoms with van der Waals surface area (Å²) in [4.78, 5) is 30.9. The lowest BCUT2D eigenvalue weighted by molar-refractivity contribution is -0.121. The largest absolute Gasteiger partial charge is 0.340 e. The van der Waals surface area contributed by atoms with Gasteiger partial charge in [0.05, 0.1) is 22.3 Å². The molecule has 0 saturated carbocycles. The van der Waals surface area contributed by atoms with Crippen LogP contribution in [0.25, 0.3) is 0 Å². The molecule has 0 aromatic carbocycles. The molecule has 2 aromatic heterocycles. The third-order valence-electron chi connectivity index (χ3n) is 3.65. The fraction of sp³-hybridized carbons (Fsp3) is 0.250. The zero-order valence-electron chi connectivity index (χ0n) is 12.2. The van der Waals surface area contributed by atoms with Crippen LogP contribution in [-0.2, 0) is 4.79 Å². The minimum atomic E-state index is -0.552. The Kier molecular flexibility index (Phi) is 4.35. The first-order valence-electron chi connectivity index (χ1n) is 7.20. The number of anilines is 1. The Balaban J connectivity index is 1.71. The summed E-state index contributed by atoms with van der Waals surface area (Å²) in [5.74, 6) is -0.447. The van der Waals surface area contributed by atoms with E-state index in [1.54, 1.807) is 28.7 Å². The third kappa shape index (κ3) is 3.22. The summed E-state index contributed by atoms with van der Waals surface area (Å²) in [5.41, 5.74) is 1.19. The van der Waals surface area contributed by atoms with Gasteiger partial charge in [0.15, 0.2) is 0 Å². The van der Waals surface area contributed by atoms with Gasteiger partial charge in [-0.3, -0.25) is 14.6 Å². The first kappa shape index (κ1) is 15.2. The van der Waals surface area contributed by atoms with Gasteiger partial charge >= 0.3 is 0 Å². The highest BCUT2D eigenvalue weighted by Gasteiger charge is 2.31. The summed E-state index contributed by atoms with van der Waals surface area (Å²) in [6, 6.07) is 6.58. The molecular formula is C16H14N4O2S. The number of carbonyl (C=O) groups excluding carboxylic acids is 2. The summed E-state index contributed by atoms with van der Waals surface area (Å²) in [5, 5.41) is 13.2. The molecule has 0 spiro atoms. The van der Waals surface area contributed by atoms with Gasteiger partial charge in [-0.15, -0.1) is 11.3 Å².